The number of nitrogen functional groups attached to an aromatic ring is 1. The maximum absolute atomic E-state index is 6.12. The van der Waals surface area contributed by atoms with Crippen molar-refractivity contribution in [2.75, 3.05) is 11.1 Å². The molecule has 0 fully saturated rings. The van der Waals surface area contributed by atoms with Gasteiger partial charge in [0.2, 0.25) is 0 Å². The highest BCUT2D eigenvalue weighted by molar-refractivity contribution is 9.10. The summed E-state index contributed by atoms with van der Waals surface area (Å²) < 4.78 is 1.04. The number of anilines is 2. The summed E-state index contributed by atoms with van der Waals surface area (Å²) in [6.07, 6.45) is 5.39. The molecule has 21 heavy (non-hydrogen) atoms. The second-order valence-electron chi connectivity index (χ2n) is 6.12. The van der Waals surface area contributed by atoms with Crippen LogP contribution in [-0.4, -0.2) is 11.0 Å². The van der Waals surface area contributed by atoms with Gasteiger partial charge in [0.15, 0.2) is 0 Å². The predicted molar refractivity (Wildman–Crippen MR) is 95.6 cm³/mol. The van der Waals surface area contributed by atoms with Gasteiger partial charge in [-0.25, -0.2) is 0 Å². The van der Waals surface area contributed by atoms with Crippen LogP contribution in [0, 0.1) is 5.92 Å². The van der Waals surface area contributed by atoms with E-state index in [2.05, 4.69) is 53.1 Å². The zero-order valence-corrected chi connectivity index (χ0v) is 14.6. The quantitative estimate of drug-likeness (QED) is 0.752. The molecule has 0 aliphatic rings. The van der Waals surface area contributed by atoms with Crippen LogP contribution in [0.1, 0.15) is 40.0 Å². The van der Waals surface area contributed by atoms with Gasteiger partial charge in [0, 0.05) is 15.9 Å². The molecule has 1 atom stereocenters. The van der Waals surface area contributed by atoms with Crippen molar-refractivity contribution in [2.45, 2.75) is 46.1 Å². The first-order chi connectivity index (χ1) is 9.97. The summed E-state index contributed by atoms with van der Waals surface area (Å²) in [7, 11) is 0. The van der Waals surface area contributed by atoms with Gasteiger partial charge in [0.1, 0.15) is 0 Å². The van der Waals surface area contributed by atoms with E-state index in [1.54, 1.807) is 6.20 Å². The molecule has 0 amide bonds. The number of fused-ring (bicyclic) bond motifs is 1. The first kappa shape index (κ1) is 16.1. The molecule has 0 saturated heterocycles. The smallest absolute Gasteiger partial charge is 0.0743 e. The Kier molecular flexibility index (Phi) is 5.45. The minimum Gasteiger partial charge on any atom is -0.396 e. The van der Waals surface area contributed by atoms with E-state index in [4.69, 9.17) is 5.73 Å². The highest BCUT2D eigenvalue weighted by atomic mass is 79.9. The lowest BCUT2D eigenvalue weighted by atomic mass is 10.0. The fourth-order valence-electron chi connectivity index (χ4n) is 2.49. The van der Waals surface area contributed by atoms with Gasteiger partial charge < -0.3 is 11.1 Å². The fraction of sp³-hybridized carbons (Fsp3) is 0.471. The van der Waals surface area contributed by atoms with Crippen LogP contribution in [-0.2, 0) is 0 Å². The van der Waals surface area contributed by atoms with E-state index in [0.29, 0.717) is 11.7 Å². The summed E-state index contributed by atoms with van der Waals surface area (Å²) in [6.45, 7) is 6.75. The van der Waals surface area contributed by atoms with E-state index in [0.717, 1.165) is 33.4 Å². The maximum atomic E-state index is 6.12. The Labute approximate surface area is 135 Å². The summed E-state index contributed by atoms with van der Waals surface area (Å²) >= 11 is 3.52. The topological polar surface area (TPSA) is 50.9 Å². The van der Waals surface area contributed by atoms with Crippen LogP contribution >= 0.6 is 15.9 Å². The van der Waals surface area contributed by atoms with E-state index in [1.165, 1.54) is 12.8 Å². The molecule has 2 aromatic rings. The predicted octanol–water partition coefficient (Wildman–Crippen LogP) is 5.21. The number of rotatable bonds is 6. The Hall–Kier alpha value is -1.29. The van der Waals surface area contributed by atoms with Crippen LogP contribution in [0.15, 0.2) is 28.9 Å². The lowest BCUT2D eigenvalue weighted by Crippen LogP contribution is -2.16. The van der Waals surface area contributed by atoms with Gasteiger partial charge in [-0.15, -0.1) is 0 Å². The maximum Gasteiger partial charge on any atom is 0.0743 e. The monoisotopic (exact) mass is 349 g/mol. The van der Waals surface area contributed by atoms with Crippen LogP contribution < -0.4 is 11.1 Å². The zero-order valence-electron chi connectivity index (χ0n) is 13.0. The molecule has 0 aliphatic heterocycles. The molecule has 1 aromatic heterocycles. The average Bonchev–Trinajstić information content (AvgIpc) is 2.42. The van der Waals surface area contributed by atoms with Crippen molar-refractivity contribution in [3.63, 3.8) is 0 Å². The van der Waals surface area contributed by atoms with Gasteiger partial charge in [0.05, 0.1) is 23.1 Å². The van der Waals surface area contributed by atoms with E-state index in [9.17, 15) is 0 Å². The molecule has 1 heterocycles. The number of halogens is 1. The first-order valence-corrected chi connectivity index (χ1v) is 8.37. The molecule has 0 bridgehead atoms. The second kappa shape index (κ2) is 7.12. The highest BCUT2D eigenvalue weighted by Gasteiger charge is 2.10. The van der Waals surface area contributed by atoms with Gasteiger partial charge in [-0.1, -0.05) is 42.6 Å². The Balaban J connectivity index is 2.17. The number of benzene rings is 1. The third kappa shape index (κ3) is 4.34. The number of aromatic nitrogens is 1. The Bertz CT molecular complexity index is 605. The molecule has 0 aliphatic carbocycles. The van der Waals surface area contributed by atoms with Crippen LogP contribution in [0.2, 0.25) is 0 Å². The minimum absolute atomic E-state index is 0.399. The van der Waals surface area contributed by atoms with Crippen molar-refractivity contribution in [1.82, 2.24) is 4.98 Å². The van der Waals surface area contributed by atoms with Gasteiger partial charge >= 0.3 is 0 Å². The minimum atomic E-state index is 0.399. The zero-order chi connectivity index (χ0) is 15.4. The summed E-state index contributed by atoms with van der Waals surface area (Å²) in [6, 6.07) is 6.48. The average molecular weight is 350 g/mol. The van der Waals surface area contributed by atoms with Crippen molar-refractivity contribution in [1.29, 1.82) is 0 Å². The summed E-state index contributed by atoms with van der Waals surface area (Å²) in [4.78, 5) is 4.39. The molecule has 1 unspecified atom stereocenters. The van der Waals surface area contributed by atoms with E-state index >= 15 is 0 Å². The van der Waals surface area contributed by atoms with Crippen LogP contribution in [0.3, 0.4) is 0 Å². The number of nitrogens with two attached hydrogens (primary N) is 1. The molecule has 0 radical (unpaired) electrons. The van der Waals surface area contributed by atoms with Crippen molar-refractivity contribution < 1.29 is 0 Å². The Morgan fingerprint density at radius 1 is 1.24 bits per heavy atom. The van der Waals surface area contributed by atoms with Crippen LogP contribution in [0.25, 0.3) is 10.9 Å². The SMILES string of the molecule is CC(C)CCCC(C)Nc1c(N)cnc2ccc(Br)cc12. The van der Waals surface area contributed by atoms with E-state index < -0.39 is 0 Å². The van der Waals surface area contributed by atoms with Gasteiger partial charge in [0.25, 0.3) is 0 Å². The van der Waals surface area contributed by atoms with Crippen molar-refractivity contribution in [2.24, 2.45) is 5.92 Å². The Morgan fingerprint density at radius 3 is 2.71 bits per heavy atom. The van der Waals surface area contributed by atoms with Crippen LogP contribution in [0.4, 0.5) is 11.4 Å². The fourth-order valence-corrected chi connectivity index (χ4v) is 2.85. The lowest BCUT2D eigenvalue weighted by Gasteiger charge is -2.19. The number of nitrogens with zero attached hydrogens (tertiary/aromatic N) is 1. The van der Waals surface area contributed by atoms with Gasteiger partial charge in [-0.05, 0) is 37.5 Å². The molecule has 2 rings (SSSR count). The molecule has 3 nitrogen and oxygen atoms in total. The number of nitrogens with one attached hydrogen (secondary N) is 1. The second-order valence-corrected chi connectivity index (χ2v) is 7.04. The van der Waals surface area contributed by atoms with Gasteiger partial charge in [-0.2, -0.15) is 0 Å². The molecule has 114 valence electrons. The van der Waals surface area contributed by atoms with Crippen molar-refractivity contribution in [3.8, 4) is 0 Å². The standard InChI is InChI=1S/C17H24BrN3/c1-11(2)5-4-6-12(3)21-17-14-9-13(18)7-8-16(14)20-10-15(17)19/h7-12H,4-6,19H2,1-3H3,(H,20,21). The Morgan fingerprint density at radius 2 is 2.00 bits per heavy atom. The number of pyridine rings is 1. The van der Waals surface area contributed by atoms with Crippen LogP contribution in [0.5, 0.6) is 0 Å². The number of hydrogen-bond donors (Lipinski definition) is 2. The molecule has 3 N–H and O–H groups in total. The van der Waals surface area contributed by atoms with Gasteiger partial charge in [-0.3, -0.25) is 4.98 Å². The molecule has 4 heteroatoms. The first-order valence-electron chi connectivity index (χ1n) is 7.57. The normalized spacial score (nSPS) is 12.8. The van der Waals surface area contributed by atoms with E-state index in [1.807, 2.05) is 12.1 Å². The molecular weight excluding hydrogens is 326 g/mol. The molecule has 1 aromatic carbocycles. The summed E-state index contributed by atoms with van der Waals surface area (Å²) in [5.74, 6) is 0.764. The lowest BCUT2D eigenvalue weighted by molar-refractivity contribution is 0.520. The summed E-state index contributed by atoms with van der Waals surface area (Å²) in [5, 5.41) is 4.64. The third-order valence-electron chi connectivity index (χ3n) is 3.67. The summed E-state index contributed by atoms with van der Waals surface area (Å²) in [5.41, 5.74) is 8.79. The molecule has 0 spiro atoms. The highest BCUT2D eigenvalue weighted by Crippen LogP contribution is 2.31. The largest absolute Gasteiger partial charge is 0.396 e. The van der Waals surface area contributed by atoms with Crippen molar-refractivity contribution >= 4 is 38.2 Å². The molecular formula is C17H24BrN3. The third-order valence-corrected chi connectivity index (χ3v) is 4.16. The molecule has 0 saturated carbocycles. The van der Waals surface area contributed by atoms with E-state index in [-0.39, 0.29) is 0 Å². The van der Waals surface area contributed by atoms with Crippen molar-refractivity contribution in [3.05, 3.63) is 28.9 Å². The number of hydrogen-bond acceptors (Lipinski definition) is 3.